The first-order chi connectivity index (χ1) is 7.72. The van der Waals surface area contributed by atoms with Crippen molar-refractivity contribution in [1.82, 2.24) is 5.32 Å². The van der Waals surface area contributed by atoms with Gasteiger partial charge in [-0.25, -0.2) is 4.57 Å². The van der Waals surface area contributed by atoms with Gasteiger partial charge in [-0.3, -0.25) is 4.79 Å². The van der Waals surface area contributed by atoms with Crippen molar-refractivity contribution in [3.8, 4) is 0 Å². The quantitative estimate of drug-likeness (QED) is 0.533. The maximum absolute atomic E-state index is 11.4. The molecule has 0 bridgehead atoms. The molecule has 16 heavy (non-hydrogen) atoms. The molecule has 0 aliphatic heterocycles. The van der Waals surface area contributed by atoms with Gasteiger partial charge in [-0.15, -0.1) is 0 Å². The highest BCUT2D eigenvalue weighted by Gasteiger charge is 2.05. The zero-order valence-electron chi connectivity index (χ0n) is 9.65. The summed E-state index contributed by atoms with van der Waals surface area (Å²) in [7, 11) is 0. The van der Waals surface area contributed by atoms with E-state index in [1.165, 1.54) is 5.56 Å². The molecule has 1 amide bonds. The first kappa shape index (κ1) is 12.6. The van der Waals surface area contributed by atoms with Crippen molar-refractivity contribution in [2.45, 2.75) is 26.3 Å². The molecule has 88 valence electrons. The Morgan fingerprint density at radius 3 is 2.75 bits per heavy atom. The first-order valence-electron chi connectivity index (χ1n) is 5.55. The number of nitrogens with zero attached hydrogens (tertiary/aromatic N) is 1. The van der Waals surface area contributed by atoms with Crippen molar-refractivity contribution in [1.29, 1.82) is 0 Å². The summed E-state index contributed by atoms with van der Waals surface area (Å²) < 4.78 is 1.98. The number of carbonyl (C=O) groups is 1. The van der Waals surface area contributed by atoms with Crippen LogP contribution in [0.1, 0.15) is 18.4 Å². The number of nitrogens with one attached hydrogen (secondary N) is 1. The minimum atomic E-state index is 0.0292. The van der Waals surface area contributed by atoms with E-state index in [2.05, 4.69) is 5.32 Å². The second-order valence-corrected chi connectivity index (χ2v) is 3.79. The smallest absolute Gasteiger partial charge is 0.226 e. The Bertz CT molecular complexity index is 322. The molecule has 0 spiro atoms. The van der Waals surface area contributed by atoms with Crippen LogP contribution in [0.25, 0.3) is 0 Å². The van der Waals surface area contributed by atoms with Crippen molar-refractivity contribution in [2.24, 2.45) is 0 Å². The lowest BCUT2D eigenvalue weighted by atomic mass is 10.3. The van der Waals surface area contributed by atoms with Gasteiger partial charge in [-0.2, -0.15) is 0 Å². The molecule has 4 nitrogen and oxygen atoms in total. The largest absolute Gasteiger partial charge is 0.396 e. The monoisotopic (exact) mass is 223 g/mol. The molecule has 1 aromatic rings. The first-order valence-corrected chi connectivity index (χ1v) is 5.55. The van der Waals surface area contributed by atoms with Gasteiger partial charge in [0.25, 0.3) is 0 Å². The fraction of sp³-hybridized carbons (Fsp3) is 0.500. The van der Waals surface area contributed by atoms with Crippen molar-refractivity contribution in [2.75, 3.05) is 13.2 Å². The van der Waals surface area contributed by atoms with Crippen LogP contribution in [0.4, 0.5) is 0 Å². The number of aromatic nitrogens is 1. The molecule has 0 unspecified atom stereocenters. The SMILES string of the molecule is Cc1cc[n+](CCC(=O)NCCCO)cc1. The normalized spacial score (nSPS) is 10.1. The van der Waals surface area contributed by atoms with E-state index in [9.17, 15) is 4.79 Å². The van der Waals surface area contributed by atoms with Gasteiger partial charge in [0.15, 0.2) is 18.9 Å². The van der Waals surface area contributed by atoms with Gasteiger partial charge < -0.3 is 10.4 Å². The third-order valence-corrected chi connectivity index (χ3v) is 2.31. The van der Waals surface area contributed by atoms with Gasteiger partial charge in [0, 0.05) is 25.3 Å². The summed E-state index contributed by atoms with van der Waals surface area (Å²) in [6.45, 7) is 3.39. The van der Waals surface area contributed by atoms with Crippen molar-refractivity contribution < 1.29 is 14.5 Å². The number of aryl methyl sites for hydroxylation is 2. The molecule has 0 saturated heterocycles. The highest BCUT2D eigenvalue weighted by atomic mass is 16.3. The van der Waals surface area contributed by atoms with Crippen LogP contribution in [-0.2, 0) is 11.3 Å². The minimum absolute atomic E-state index is 0.0292. The minimum Gasteiger partial charge on any atom is -0.396 e. The van der Waals surface area contributed by atoms with Crippen LogP contribution in [0, 0.1) is 6.92 Å². The lowest BCUT2D eigenvalue weighted by molar-refractivity contribution is -0.695. The van der Waals surface area contributed by atoms with E-state index in [0.29, 0.717) is 25.9 Å². The van der Waals surface area contributed by atoms with Gasteiger partial charge >= 0.3 is 0 Å². The van der Waals surface area contributed by atoms with Crippen LogP contribution < -0.4 is 9.88 Å². The van der Waals surface area contributed by atoms with Gasteiger partial charge in [-0.1, -0.05) is 0 Å². The van der Waals surface area contributed by atoms with Crippen LogP contribution in [-0.4, -0.2) is 24.2 Å². The Balaban J connectivity index is 2.23. The van der Waals surface area contributed by atoms with Crippen LogP contribution >= 0.6 is 0 Å². The molecule has 1 rings (SSSR count). The van der Waals surface area contributed by atoms with E-state index >= 15 is 0 Å². The molecule has 0 aliphatic rings. The molecule has 0 radical (unpaired) electrons. The van der Waals surface area contributed by atoms with Gasteiger partial charge in [-0.05, 0) is 18.9 Å². The predicted octanol–water partition coefficient (Wildman–Crippen LogP) is 0.171. The molecular formula is C12H19N2O2+. The molecule has 0 aliphatic carbocycles. The summed E-state index contributed by atoms with van der Waals surface area (Å²) in [6, 6.07) is 4.04. The molecule has 1 heterocycles. The molecule has 2 N–H and O–H groups in total. The van der Waals surface area contributed by atoms with E-state index in [-0.39, 0.29) is 12.5 Å². The Hall–Kier alpha value is -1.42. The van der Waals surface area contributed by atoms with Gasteiger partial charge in [0.1, 0.15) is 0 Å². The van der Waals surface area contributed by atoms with Crippen LogP contribution in [0.15, 0.2) is 24.5 Å². The zero-order valence-corrected chi connectivity index (χ0v) is 9.65. The molecule has 0 fully saturated rings. The van der Waals surface area contributed by atoms with E-state index in [4.69, 9.17) is 5.11 Å². The third kappa shape index (κ3) is 4.89. The Kier molecular flexibility index (Phi) is 5.50. The highest BCUT2D eigenvalue weighted by Crippen LogP contribution is 1.90. The average molecular weight is 223 g/mol. The Morgan fingerprint density at radius 2 is 2.12 bits per heavy atom. The van der Waals surface area contributed by atoms with Gasteiger partial charge in [0.2, 0.25) is 5.91 Å². The molecule has 1 aromatic heterocycles. The van der Waals surface area contributed by atoms with Crippen LogP contribution in [0.5, 0.6) is 0 Å². The lowest BCUT2D eigenvalue weighted by Crippen LogP contribution is -2.36. The summed E-state index contributed by atoms with van der Waals surface area (Å²) in [5, 5.41) is 11.3. The number of aliphatic hydroxyl groups is 1. The predicted molar refractivity (Wildman–Crippen MR) is 60.7 cm³/mol. The molecule has 0 atom stereocenters. The second kappa shape index (κ2) is 6.95. The number of hydrogen-bond donors (Lipinski definition) is 2. The van der Waals surface area contributed by atoms with E-state index in [1.54, 1.807) is 0 Å². The molecular weight excluding hydrogens is 204 g/mol. The van der Waals surface area contributed by atoms with Crippen molar-refractivity contribution >= 4 is 5.91 Å². The summed E-state index contributed by atoms with van der Waals surface area (Å²) in [4.78, 5) is 11.4. The number of rotatable bonds is 6. The zero-order chi connectivity index (χ0) is 11.8. The fourth-order valence-electron chi connectivity index (χ4n) is 1.31. The highest BCUT2D eigenvalue weighted by molar-refractivity contribution is 5.75. The summed E-state index contributed by atoms with van der Waals surface area (Å²) in [6.07, 6.45) is 5.02. The van der Waals surface area contributed by atoms with Crippen molar-refractivity contribution in [3.05, 3.63) is 30.1 Å². The maximum Gasteiger partial charge on any atom is 0.226 e. The molecule has 0 saturated carbocycles. The number of carbonyl (C=O) groups excluding carboxylic acids is 1. The second-order valence-electron chi connectivity index (χ2n) is 3.79. The van der Waals surface area contributed by atoms with Crippen LogP contribution in [0.3, 0.4) is 0 Å². The lowest BCUT2D eigenvalue weighted by Gasteiger charge is -2.02. The standard InChI is InChI=1S/C12H18N2O2/c1-11-3-7-14(8-4-11)9-5-12(16)13-6-2-10-15/h3-4,7-8,15H,2,5-6,9-10H2,1H3/p+1. The number of amides is 1. The van der Waals surface area contributed by atoms with E-state index in [0.717, 1.165) is 0 Å². The molecule has 4 heteroatoms. The average Bonchev–Trinajstić information content (AvgIpc) is 2.29. The Labute approximate surface area is 95.9 Å². The number of pyridine rings is 1. The Morgan fingerprint density at radius 1 is 1.44 bits per heavy atom. The maximum atomic E-state index is 11.4. The van der Waals surface area contributed by atoms with E-state index in [1.807, 2.05) is 36.0 Å². The van der Waals surface area contributed by atoms with E-state index < -0.39 is 0 Å². The summed E-state index contributed by atoms with van der Waals surface area (Å²) in [5.74, 6) is 0.0292. The van der Waals surface area contributed by atoms with Crippen LogP contribution in [0.2, 0.25) is 0 Å². The summed E-state index contributed by atoms with van der Waals surface area (Å²) >= 11 is 0. The molecule has 0 aromatic carbocycles. The summed E-state index contributed by atoms with van der Waals surface area (Å²) in [5.41, 5.74) is 1.21. The topological polar surface area (TPSA) is 53.2 Å². The number of hydrogen-bond acceptors (Lipinski definition) is 2. The number of aliphatic hydroxyl groups excluding tert-OH is 1. The third-order valence-electron chi connectivity index (χ3n) is 2.31. The fourth-order valence-corrected chi connectivity index (χ4v) is 1.31. The van der Waals surface area contributed by atoms with Gasteiger partial charge in [0.05, 0.1) is 6.42 Å². The van der Waals surface area contributed by atoms with Crippen molar-refractivity contribution in [3.63, 3.8) is 0 Å².